The highest BCUT2D eigenvalue weighted by atomic mass is 16.6. The van der Waals surface area contributed by atoms with E-state index in [0.717, 1.165) is 5.56 Å². The summed E-state index contributed by atoms with van der Waals surface area (Å²) < 4.78 is 9.97. The summed E-state index contributed by atoms with van der Waals surface area (Å²) >= 11 is 0. The molecule has 0 amide bonds. The van der Waals surface area contributed by atoms with Gasteiger partial charge in [-0.2, -0.15) is 0 Å². The van der Waals surface area contributed by atoms with Crippen molar-refractivity contribution in [2.24, 2.45) is 0 Å². The maximum absolute atomic E-state index is 11.1. The van der Waals surface area contributed by atoms with E-state index < -0.39 is 4.92 Å². The molecule has 1 heterocycles. The first-order valence-corrected chi connectivity index (χ1v) is 6.19. The van der Waals surface area contributed by atoms with E-state index in [4.69, 9.17) is 9.47 Å². The van der Waals surface area contributed by atoms with Crippen LogP contribution in [0.3, 0.4) is 0 Å². The largest absolute Gasteiger partial charge is 0.496 e. The fourth-order valence-corrected chi connectivity index (χ4v) is 1.77. The van der Waals surface area contributed by atoms with Crippen molar-refractivity contribution in [2.75, 3.05) is 19.5 Å². The third-order valence-corrected chi connectivity index (χ3v) is 2.89. The third kappa shape index (κ3) is 3.59. The van der Waals surface area contributed by atoms with Crippen molar-refractivity contribution in [3.8, 4) is 11.6 Å². The predicted molar refractivity (Wildman–Crippen MR) is 77.8 cm³/mol. The molecule has 0 spiro atoms. The Kier molecular flexibility index (Phi) is 4.55. The molecular weight excluding hydrogens is 274 g/mol. The fourth-order valence-electron chi connectivity index (χ4n) is 1.77. The number of nitrogens with one attached hydrogen (secondary N) is 1. The van der Waals surface area contributed by atoms with Gasteiger partial charge in [0.25, 0.3) is 5.69 Å². The minimum atomic E-state index is -0.447. The fraction of sp³-hybridized carbons (Fsp3) is 0.214. The van der Waals surface area contributed by atoms with Gasteiger partial charge in [0.05, 0.1) is 25.2 Å². The molecule has 0 bridgehead atoms. The molecule has 0 saturated heterocycles. The van der Waals surface area contributed by atoms with E-state index in [2.05, 4.69) is 10.3 Å². The van der Waals surface area contributed by atoms with Crippen molar-refractivity contribution < 1.29 is 14.4 Å². The van der Waals surface area contributed by atoms with E-state index in [1.54, 1.807) is 31.5 Å². The molecule has 7 heteroatoms. The van der Waals surface area contributed by atoms with E-state index in [-0.39, 0.29) is 5.69 Å². The van der Waals surface area contributed by atoms with Crippen LogP contribution in [0.15, 0.2) is 36.5 Å². The second kappa shape index (κ2) is 6.56. The van der Waals surface area contributed by atoms with Gasteiger partial charge < -0.3 is 14.8 Å². The van der Waals surface area contributed by atoms with Crippen molar-refractivity contribution in [2.45, 2.75) is 6.54 Å². The lowest BCUT2D eigenvalue weighted by atomic mass is 10.2. The van der Waals surface area contributed by atoms with Crippen molar-refractivity contribution >= 4 is 11.4 Å². The maximum atomic E-state index is 11.1. The lowest BCUT2D eigenvalue weighted by Crippen LogP contribution is -2.03. The number of hydrogen-bond donors (Lipinski definition) is 1. The molecule has 1 aromatic carbocycles. The molecular formula is C14H15N3O4. The normalized spacial score (nSPS) is 10.0. The number of anilines is 1. The number of methoxy groups -OCH3 is 2. The van der Waals surface area contributed by atoms with Gasteiger partial charge in [-0.1, -0.05) is 6.07 Å². The Morgan fingerprint density at radius 2 is 2.05 bits per heavy atom. The van der Waals surface area contributed by atoms with E-state index in [0.29, 0.717) is 23.9 Å². The van der Waals surface area contributed by atoms with Crippen LogP contribution < -0.4 is 14.8 Å². The summed E-state index contributed by atoms with van der Waals surface area (Å²) in [7, 11) is 3.01. The smallest absolute Gasteiger partial charge is 0.296 e. The highest BCUT2D eigenvalue weighted by molar-refractivity contribution is 5.64. The zero-order chi connectivity index (χ0) is 15.2. The molecule has 1 aromatic heterocycles. The van der Waals surface area contributed by atoms with Crippen molar-refractivity contribution in [3.05, 3.63) is 52.2 Å². The molecule has 1 N–H and O–H groups in total. The first-order valence-electron chi connectivity index (χ1n) is 6.19. The first-order chi connectivity index (χ1) is 10.1. The van der Waals surface area contributed by atoms with Crippen LogP contribution in [0, 0.1) is 10.1 Å². The number of nitro groups is 1. The van der Waals surface area contributed by atoms with Crippen LogP contribution in [0.1, 0.15) is 5.56 Å². The van der Waals surface area contributed by atoms with Gasteiger partial charge in [-0.3, -0.25) is 10.1 Å². The number of rotatable bonds is 6. The molecule has 21 heavy (non-hydrogen) atoms. The molecule has 0 aliphatic carbocycles. The van der Waals surface area contributed by atoms with Crippen molar-refractivity contribution in [1.82, 2.24) is 4.98 Å². The molecule has 2 aromatic rings. The Bertz CT molecular complexity index is 629. The number of benzene rings is 1. The predicted octanol–water partition coefficient (Wildman–Crippen LogP) is 2.62. The Morgan fingerprint density at radius 3 is 2.62 bits per heavy atom. The minimum absolute atomic E-state index is 0.0316. The van der Waals surface area contributed by atoms with Crippen molar-refractivity contribution in [1.29, 1.82) is 0 Å². The van der Waals surface area contributed by atoms with E-state index in [1.165, 1.54) is 13.2 Å². The van der Waals surface area contributed by atoms with Crippen LogP contribution >= 0.6 is 0 Å². The van der Waals surface area contributed by atoms with Gasteiger partial charge in [-0.15, -0.1) is 0 Å². The van der Waals surface area contributed by atoms with E-state index >= 15 is 0 Å². The number of nitrogens with zero attached hydrogens (tertiary/aromatic N) is 2. The van der Waals surface area contributed by atoms with Crippen LogP contribution in [0.5, 0.6) is 11.6 Å². The number of hydrogen-bond acceptors (Lipinski definition) is 6. The van der Waals surface area contributed by atoms with Crippen LogP contribution in [-0.2, 0) is 6.54 Å². The molecule has 0 saturated carbocycles. The number of pyridine rings is 1. The Labute approximate surface area is 121 Å². The Hall–Kier alpha value is -2.83. The van der Waals surface area contributed by atoms with E-state index in [1.807, 2.05) is 6.07 Å². The molecule has 0 radical (unpaired) electrons. The molecule has 110 valence electrons. The Balaban J connectivity index is 2.13. The minimum Gasteiger partial charge on any atom is -0.496 e. The van der Waals surface area contributed by atoms with Gasteiger partial charge in [0.2, 0.25) is 5.88 Å². The number of ether oxygens (including phenoxy) is 2. The second-order valence-electron chi connectivity index (χ2n) is 4.20. The van der Waals surface area contributed by atoms with E-state index in [9.17, 15) is 10.1 Å². The molecule has 0 aliphatic heterocycles. The average Bonchev–Trinajstić information content (AvgIpc) is 2.53. The summed E-state index contributed by atoms with van der Waals surface area (Å²) in [5.74, 6) is 0.965. The van der Waals surface area contributed by atoms with Gasteiger partial charge in [-0.25, -0.2) is 4.98 Å². The third-order valence-electron chi connectivity index (χ3n) is 2.89. The van der Waals surface area contributed by atoms with Gasteiger partial charge in [-0.05, 0) is 17.7 Å². The molecule has 0 unspecified atom stereocenters. The summed E-state index contributed by atoms with van der Waals surface area (Å²) in [5, 5.41) is 14.1. The SMILES string of the molecule is COc1ccc(NCc2ccc(OC)nc2)c([N+](=O)[O-])c1. The monoisotopic (exact) mass is 289 g/mol. The van der Waals surface area contributed by atoms with Gasteiger partial charge in [0.15, 0.2) is 0 Å². The molecule has 0 atom stereocenters. The summed E-state index contributed by atoms with van der Waals surface area (Å²) in [6, 6.07) is 8.25. The first kappa shape index (κ1) is 14.6. The summed E-state index contributed by atoms with van der Waals surface area (Å²) in [5.41, 5.74) is 1.29. The van der Waals surface area contributed by atoms with Gasteiger partial charge in [0, 0.05) is 18.8 Å². The van der Waals surface area contributed by atoms with Crippen LogP contribution in [0.25, 0.3) is 0 Å². The zero-order valence-electron chi connectivity index (χ0n) is 11.7. The lowest BCUT2D eigenvalue weighted by molar-refractivity contribution is -0.384. The van der Waals surface area contributed by atoms with Crippen LogP contribution in [0.4, 0.5) is 11.4 Å². The topological polar surface area (TPSA) is 86.5 Å². The average molecular weight is 289 g/mol. The van der Waals surface area contributed by atoms with Crippen molar-refractivity contribution in [3.63, 3.8) is 0 Å². The second-order valence-corrected chi connectivity index (χ2v) is 4.20. The number of aromatic nitrogens is 1. The molecule has 0 fully saturated rings. The van der Waals surface area contributed by atoms with Gasteiger partial charge in [0.1, 0.15) is 11.4 Å². The highest BCUT2D eigenvalue weighted by Gasteiger charge is 2.14. The molecule has 7 nitrogen and oxygen atoms in total. The summed E-state index contributed by atoms with van der Waals surface area (Å²) in [4.78, 5) is 14.7. The standard InChI is InChI=1S/C14H15N3O4/c1-20-11-4-5-12(13(7-11)17(18)19)15-8-10-3-6-14(21-2)16-9-10/h3-7,9,15H,8H2,1-2H3. The molecule has 2 rings (SSSR count). The van der Waals surface area contributed by atoms with Crippen LogP contribution in [-0.4, -0.2) is 24.1 Å². The number of nitro benzene ring substituents is 1. The maximum Gasteiger partial charge on any atom is 0.296 e. The molecule has 0 aliphatic rings. The highest BCUT2D eigenvalue weighted by Crippen LogP contribution is 2.29. The lowest BCUT2D eigenvalue weighted by Gasteiger charge is -2.08. The van der Waals surface area contributed by atoms with Gasteiger partial charge >= 0.3 is 0 Å². The summed E-state index contributed by atoms with van der Waals surface area (Å²) in [6.07, 6.45) is 1.65. The van der Waals surface area contributed by atoms with Crippen LogP contribution in [0.2, 0.25) is 0 Å². The quantitative estimate of drug-likeness (QED) is 0.649. The Morgan fingerprint density at radius 1 is 1.24 bits per heavy atom. The summed E-state index contributed by atoms with van der Waals surface area (Å²) in [6.45, 7) is 0.421. The zero-order valence-corrected chi connectivity index (χ0v) is 11.7.